The monoisotopic (exact) mass is 414 g/mol. The Labute approximate surface area is 169 Å². The molecule has 29 heavy (non-hydrogen) atoms. The van der Waals surface area contributed by atoms with E-state index in [0.29, 0.717) is 19.1 Å². The second kappa shape index (κ2) is 7.19. The lowest BCUT2D eigenvalue weighted by atomic mass is 9.85. The molecule has 0 amide bonds. The van der Waals surface area contributed by atoms with Gasteiger partial charge in [0.2, 0.25) is 10.0 Å². The van der Waals surface area contributed by atoms with Gasteiger partial charge in [0.25, 0.3) is 0 Å². The number of H-pyrrole nitrogens is 1. The molecule has 2 aliphatic rings. The number of nitrogens with zero attached hydrogens (tertiary/aromatic N) is 6. The van der Waals surface area contributed by atoms with Gasteiger partial charge >= 0.3 is 0 Å². The number of fused-ring (bicyclic) bond motifs is 1. The summed E-state index contributed by atoms with van der Waals surface area (Å²) in [7, 11) is -3.07. The van der Waals surface area contributed by atoms with Crippen LogP contribution in [0, 0.1) is 6.04 Å². The number of aromatic amines is 1. The van der Waals surface area contributed by atoms with Gasteiger partial charge < -0.3 is 4.98 Å². The predicted molar refractivity (Wildman–Crippen MR) is 109 cm³/mol. The highest BCUT2D eigenvalue weighted by molar-refractivity contribution is 7.89. The molecule has 1 saturated carbocycles. The van der Waals surface area contributed by atoms with Crippen molar-refractivity contribution in [1.82, 2.24) is 33.9 Å². The Morgan fingerprint density at radius 1 is 1.17 bits per heavy atom. The predicted octanol–water partition coefficient (Wildman–Crippen LogP) is 1.33. The van der Waals surface area contributed by atoms with Crippen LogP contribution in [0.3, 0.4) is 0 Å². The Bertz CT molecular complexity index is 1110. The van der Waals surface area contributed by atoms with E-state index in [9.17, 15) is 8.42 Å². The third-order valence-corrected chi connectivity index (χ3v) is 7.91. The minimum absolute atomic E-state index is 0.178. The lowest BCUT2D eigenvalue weighted by Gasteiger charge is -2.45. The fraction of sp³-hybridized carbons (Fsp3) is 0.474. The second-order valence-corrected chi connectivity index (χ2v) is 9.86. The smallest absolute Gasteiger partial charge is 0.213 e. The van der Waals surface area contributed by atoms with Crippen molar-refractivity contribution < 1.29 is 8.42 Å². The van der Waals surface area contributed by atoms with Gasteiger partial charge in [-0.25, -0.2) is 18.4 Å². The molecule has 1 aliphatic carbocycles. The van der Waals surface area contributed by atoms with Crippen LogP contribution < -0.4 is 0 Å². The number of aromatic nitrogens is 5. The largest absolute Gasteiger partial charge is 0.346 e. The van der Waals surface area contributed by atoms with Gasteiger partial charge in [0.05, 0.1) is 23.7 Å². The van der Waals surface area contributed by atoms with E-state index in [0.717, 1.165) is 48.2 Å². The maximum Gasteiger partial charge on any atom is 0.213 e. The zero-order chi connectivity index (χ0) is 20.0. The molecule has 5 rings (SSSR count). The lowest BCUT2D eigenvalue weighted by molar-refractivity contribution is 0.0931. The van der Waals surface area contributed by atoms with E-state index in [1.165, 1.54) is 6.04 Å². The summed E-state index contributed by atoms with van der Waals surface area (Å²) in [6.45, 7) is 4.49. The molecule has 3 aromatic heterocycles. The van der Waals surface area contributed by atoms with Crippen LogP contribution in [-0.2, 0) is 10.0 Å². The third-order valence-electron chi connectivity index (χ3n) is 6.02. The van der Waals surface area contributed by atoms with Crippen molar-refractivity contribution in [1.29, 1.82) is 0 Å². The van der Waals surface area contributed by atoms with Crippen LogP contribution in [0.5, 0.6) is 0 Å². The number of hydrogen-bond acceptors (Lipinski definition) is 6. The average molecular weight is 415 g/mol. The average Bonchev–Trinajstić information content (AvgIpc) is 3.37. The molecule has 0 unspecified atom stereocenters. The van der Waals surface area contributed by atoms with Crippen molar-refractivity contribution in [3.8, 4) is 11.3 Å². The van der Waals surface area contributed by atoms with E-state index in [-0.39, 0.29) is 5.75 Å². The molecule has 0 spiro atoms. The Balaban J connectivity index is 1.21. The number of rotatable bonds is 5. The minimum atomic E-state index is -3.07. The molecule has 153 valence electrons. The normalized spacial score (nSPS) is 20.3. The van der Waals surface area contributed by atoms with Crippen LogP contribution >= 0.6 is 0 Å². The summed E-state index contributed by atoms with van der Waals surface area (Å²) in [5, 5.41) is 5.53. The van der Waals surface area contributed by atoms with Gasteiger partial charge in [0.15, 0.2) is 0 Å². The van der Waals surface area contributed by atoms with E-state index in [2.05, 4.69) is 25.0 Å². The summed E-state index contributed by atoms with van der Waals surface area (Å²) in [6.07, 6.45) is 9.24. The van der Waals surface area contributed by atoms with Crippen molar-refractivity contribution >= 4 is 21.1 Å². The fourth-order valence-electron chi connectivity index (χ4n) is 4.18. The molecular weight excluding hydrogens is 390 g/mol. The number of hydrogen-bond donors (Lipinski definition) is 1. The molecule has 9 nitrogen and oxygen atoms in total. The molecule has 3 aromatic rings. The first-order chi connectivity index (χ1) is 14.0. The quantitative estimate of drug-likeness (QED) is 0.676. The first-order valence-electron chi connectivity index (χ1n) is 9.95. The SMILES string of the molecule is CCS(=O)(=O)N1CCN(C2C[C](n3cc(-c4ncnc5[nH]ccc45)cn3)C2)CC1. The van der Waals surface area contributed by atoms with Crippen molar-refractivity contribution in [2.75, 3.05) is 31.9 Å². The van der Waals surface area contributed by atoms with Gasteiger partial charge in [-0.3, -0.25) is 9.58 Å². The number of nitrogens with one attached hydrogen (secondary N) is 1. The standard InChI is InChI=1S/C19H24N7O2S/c1-2-29(27,28)25-7-5-24(6-8-25)15-9-16(10-15)26-12-14(11-23-26)18-17-3-4-20-19(17)22-13-21-18/h3-4,11-13,15H,2,5-10H2,1H3,(H,20,21,22). The highest BCUT2D eigenvalue weighted by Crippen LogP contribution is 2.36. The summed E-state index contributed by atoms with van der Waals surface area (Å²) >= 11 is 0. The van der Waals surface area contributed by atoms with Crippen LogP contribution in [0.4, 0.5) is 0 Å². The van der Waals surface area contributed by atoms with Gasteiger partial charge in [-0.2, -0.15) is 9.40 Å². The van der Waals surface area contributed by atoms with E-state index in [4.69, 9.17) is 0 Å². The van der Waals surface area contributed by atoms with E-state index in [1.807, 2.05) is 29.3 Å². The van der Waals surface area contributed by atoms with Crippen molar-refractivity contribution in [3.05, 3.63) is 37.0 Å². The molecule has 2 fully saturated rings. The first-order valence-corrected chi connectivity index (χ1v) is 11.6. The van der Waals surface area contributed by atoms with Gasteiger partial charge in [-0.15, -0.1) is 0 Å². The lowest BCUT2D eigenvalue weighted by Crippen LogP contribution is -2.55. The Morgan fingerprint density at radius 3 is 2.72 bits per heavy atom. The zero-order valence-electron chi connectivity index (χ0n) is 16.3. The number of sulfonamides is 1. The summed E-state index contributed by atoms with van der Waals surface area (Å²) in [5.41, 5.74) is 2.68. The van der Waals surface area contributed by atoms with Crippen LogP contribution in [0.25, 0.3) is 22.3 Å². The van der Waals surface area contributed by atoms with Crippen LogP contribution in [0.15, 0.2) is 31.0 Å². The highest BCUT2D eigenvalue weighted by Gasteiger charge is 2.38. The zero-order valence-corrected chi connectivity index (χ0v) is 17.1. The summed E-state index contributed by atoms with van der Waals surface area (Å²) in [5.74, 6) is 0.178. The minimum Gasteiger partial charge on any atom is -0.346 e. The van der Waals surface area contributed by atoms with Crippen LogP contribution in [0.2, 0.25) is 0 Å². The van der Waals surface area contributed by atoms with Gasteiger partial charge in [0, 0.05) is 55.6 Å². The van der Waals surface area contributed by atoms with Crippen LogP contribution in [0.1, 0.15) is 19.8 Å². The van der Waals surface area contributed by atoms with Gasteiger partial charge in [-0.1, -0.05) is 0 Å². The number of piperazine rings is 1. The highest BCUT2D eigenvalue weighted by atomic mass is 32.2. The Hall–Kier alpha value is -2.30. The van der Waals surface area contributed by atoms with Crippen molar-refractivity contribution in [2.24, 2.45) is 0 Å². The Morgan fingerprint density at radius 2 is 1.97 bits per heavy atom. The van der Waals surface area contributed by atoms with E-state index in [1.54, 1.807) is 17.6 Å². The van der Waals surface area contributed by atoms with Crippen LogP contribution in [-0.4, -0.2) is 80.3 Å². The van der Waals surface area contributed by atoms with E-state index < -0.39 is 10.0 Å². The third kappa shape index (κ3) is 3.34. The first kappa shape index (κ1) is 18.7. The maximum atomic E-state index is 12.0. The molecule has 10 heteroatoms. The molecule has 1 saturated heterocycles. The Kier molecular flexibility index (Phi) is 4.64. The molecule has 4 heterocycles. The second-order valence-electron chi connectivity index (χ2n) is 7.60. The van der Waals surface area contributed by atoms with Gasteiger partial charge in [-0.05, 0) is 25.8 Å². The fourth-order valence-corrected chi connectivity index (χ4v) is 5.26. The molecule has 0 aromatic carbocycles. The molecule has 0 bridgehead atoms. The topological polar surface area (TPSA) is 100 Å². The van der Waals surface area contributed by atoms with Crippen molar-refractivity contribution in [3.63, 3.8) is 0 Å². The van der Waals surface area contributed by atoms with E-state index >= 15 is 0 Å². The summed E-state index contributed by atoms with van der Waals surface area (Å²) < 4.78 is 27.6. The maximum absolute atomic E-state index is 12.0. The molecule has 1 radical (unpaired) electrons. The molecular formula is C19H24N7O2S. The van der Waals surface area contributed by atoms with Gasteiger partial charge in [0.1, 0.15) is 12.0 Å². The summed E-state index contributed by atoms with van der Waals surface area (Å²) in [6, 6.07) is 3.73. The summed E-state index contributed by atoms with van der Waals surface area (Å²) in [4.78, 5) is 14.2. The molecule has 1 N–H and O–H groups in total. The molecule has 1 aliphatic heterocycles. The van der Waals surface area contributed by atoms with Crippen molar-refractivity contribution in [2.45, 2.75) is 25.8 Å². The molecule has 0 atom stereocenters.